The molecule has 0 spiro atoms. The maximum atomic E-state index is 14.8. The summed E-state index contributed by atoms with van der Waals surface area (Å²) in [6.07, 6.45) is 1.66. The third-order valence-corrected chi connectivity index (χ3v) is 16.8. The Balaban J connectivity index is 1.09. The van der Waals surface area contributed by atoms with Gasteiger partial charge in [-0.2, -0.15) is 0 Å². The van der Waals surface area contributed by atoms with Crippen LogP contribution in [0.25, 0.3) is 10.8 Å². The first-order chi connectivity index (χ1) is 34.7. The summed E-state index contributed by atoms with van der Waals surface area (Å²) in [6, 6.07) is 78.4. The molecule has 0 radical (unpaired) electrons. The first-order valence-electron chi connectivity index (χ1n) is 24.7. The first-order valence-corrected chi connectivity index (χ1v) is 26.7. The first kappa shape index (κ1) is 49.6. The van der Waals surface area contributed by atoms with Crippen LogP contribution < -0.4 is 0 Å². The van der Waals surface area contributed by atoms with Crippen LogP contribution in [0, 0.1) is 0 Å². The molecule has 0 unspecified atom stereocenters. The van der Waals surface area contributed by atoms with E-state index in [9.17, 15) is 9.59 Å². The molecule has 0 aromatic heterocycles. The number of thioether (sulfide) groups is 2. The Morgan fingerprint density at radius 1 is 0.577 bits per heavy atom. The van der Waals surface area contributed by atoms with Gasteiger partial charge in [-0.05, 0) is 83.2 Å². The molecule has 0 bridgehead atoms. The highest BCUT2D eigenvalue weighted by atomic mass is 32.2. The fourth-order valence-electron chi connectivity index (χ4n) is 10.3. The number of fused-ring (bicyclic) bond motifs is 1. The highest BCUT2D eigenvalue weighted by molar-refractivity contribution is 8.00. The predicted molar refractivity (Wildman–Crippen MR) is 296 cm³/mol. The maximum Gasteiger partial charge on any atom is 0.254 e. The van der Waals surface area contributed by atoms with Crippen LogP contribution >= 0.6 is 23.5 Å². The molecule has 0 N–H and O–H groups in total. The van der Waals surface area contributed by atoms with Crippen LogP contribution in [0.5, 0.6) is 0 Å². The Hall–Kier alpha value is -6.42. The summed E-state index contributed by atoms with van der Waals surface area (Å²) in [5.41, 5.74) is 7.21. The van der Waals surface area contributed by atoms with Crippen LogP contribution in [0.15, 0.2) is 224 Å². The molecule has 8 heteroatoms. The van der Waals surface area contributed by atoms with E-state index in [2.05, 4.69) is 210 Å². The molecule has 0 saturated carbocycles. The summed E-state index contributed by atoms with van der Waals surface area (Å²) < 4.78 is -1.10. The topological polar surface area (TPSA) is 53.1 Å². The van der Waals surface area contributed by atoms with Gasteiger partial charge in [-0.25, -0.2) is 5.06 Å². The minimum atomic E-state index is -0.630. The number of nitrogens with zero attached hydrogens (tertiary/aromatic N) is 3. The Bertz CT molecular complexity index is 2740. The molecule has 1 aliphatic rings. The van der Waals surface area contributed by atoms with Gasteiger partial charge in [0.15, 0.2) is 0 Å². The van der Waals surface area contributed by atoms with E-state index in [0.29, 0.717) is 31.9 Å². The van der Waals surface area contributed by atoms with Crippen molar-refractivity contribution in [3.05, 3.63) is 263 Å². The van der Waals surface area contributed by atoms with Gasteiger partial charge in [0.25, 0.3) is 5.91 Å². The Morgan fingerprint density at radius 2 is 1.00 bits per heavy atom. The predicted octanol–water partition coefficient (Wildman–Crippen LogP) is 13.4. The summed E-state index contributed by atoms with van der Waals surface area (Å²) in [5, 5.41) is 3.59. The number of rotatable bonds is 19. The van der Waals surface area contributed by atoms with E-state index in [1.54, 1.807) is 5.06 Å². The van der Waals surface area contributed by atoms with Crippen molar-refractivity contribution in [2.24, 2.45) is 0 Å². The Kier molecular flexibility index (Phi) is 15.9. The largest absolute Gasteiger partial charge is 0.336 e. The van der Waals surface area contributed by atoms with Crippen LogP contribution in [0.2, 0.25) is 0 Å². The summed E-state index contributed by atoms with van der Waals surface area (Å²) >= 11 is 3.79. The molecule has 8 aromatic rings. The van der Waals surface area contributed by atoms with Crippen molar-refractivity contribution < 1.29 is 14.4 Å². The second-order valence-corrected chi connectivity index (χ2v) is 21.8. The summed E-state index contributed by atoms with van der Waals surface area (Å²) in [7, 11) is 0. The normalized spacial score (nSPS) is 15.0. The molecule has 360 valence electrons. The van der Waals surface area contributed by atoms with E-state index in [4.69, 9.17) is 4.84 Å². The number of hydroxylamine groups is 2. The number of amides is 2. The van der Waals surface area contributed by atoms with Gasteiger partial charge in [0.05, 0.1) is 21.1 Å². The third-order valence-electron chi connectivity index (χ3n) is 13.5. The zero-order valence-electron chi connectivity index (χ0n) is 40.9. The second-order valence-electron chi connectivity index (χ2n) is 19.3. The lowest BCUT2D eigenvalue weighted by atomic mass is 9.84. The monoisotopic (exact) mass is 973 g/mol. The Labute approximate surface area is 429 Å². The molecule has 1 fully saturated rings. The molecule has 2 atom stereocenters. The summed E-state index contributed by atoms with van der Waals surface area (Å²) in [5.74, 6) is 1.40. The molecule has 2 amide bonds. The van der Waals surface area contributed by atoms with Gasteiger partial charge in [0.1, 0.15) is 0 Å². The van der Waals surface area contributed by atoms with Gasteiger partial charge in [-0.3, -0.25) is 19.3 Å². The molecule has 9 rings (SSSR count). The van der Waals surface area contributed by atoms with Gasteiger partial charge in [-0.1, -0.05) is 218 Å². The van der Waals surface area contributed by atoms with Gasteiger partial charge >= 0.3 is 0 Å². The van der Waals surface area contributed by atoms with Gasteiger partial charge in [-0.15, -0.1) is 23.5 Å². The van der Waals surface area contributed by atoms with Crippen LogP contribution in [-0.2, 0) is 19.1 Å². The number of carbonyl (C=O) groups is 2. The van der Waals surface area contributed by atoms with Crippen LogP contribution in [0.4, 0.5) is 0 Å². The maximum absolute atomic E-state index is 14.8. The summed E-state index contributed by atoms with van der Waals surface area (Å²) in [4.78, 5) is 39.5. The molecule has 0 aliphatic carbocycles. The van der Waals surface area contributed by atoms with Crippen LogP contribution in [-0.4, -0.2) is 82.5 Å². The van der Waals surface area contributed by atoms with Crippen molar-refractivity contribution >= 4 is 46.6 Å². The zero-order chi connectivity index (χ0) is 49.1. The van der Waals surface area contributed by atoms with Crippen molar-refractivity contribution in [1.82, 2.24) is 14.9 Å². The number of carbonyl (C=O) groups excluding carboxylic acids is 2. The van der Waals surface area contributed by atoms with Crippen molar-refractivity contribution in [3.8, 4) is 0 Å². The Morgan fingerprint density at radius 3 is 1.45 bits per heavy atom. The smallest absolute Gasteiger partial charge is 0.254 e. The molecular formula is C63H63N3O3S2. The molecule has 8 aromatic carbocycles. The van der Waals surface area contributed by atoms with Crippen molar-refractivity contribution in [1.29, 1.82) is 0 Å². The molecule has 1 aliphatic heterocycles. The average molecular weight is 974 g/mol. The third kappa shape index (κ3) is 11.1. The van der Waals surface area contributed by atoms with Gasteiger partial charge in [0, 0.05) is 43.5 Å². The highest BCUT2D eigenvalue weighted by Gasteiger charge is 2.42. The number of piperazine rings is 1. The van der Waals surface area contributed by atoms with E-state index >= 15 is 0 Å². The second kappa shape index (κ2) is 22.8. The van der Waals surface area contributed by atoms with Crippen LogP contribution in [0.3, 0.4) is 0 Å². The lowest BCUT2D eigenvalue weighted by Crippen LogP contribution is -2.58. The lowest BCUT2D eigenvalue weighted by Gasteiger charge is -2.45. The molecule has 6 nitrogen and oxygen atoms in total. The fourth-order valence-corrected chi connectivity index (χ4v) is 13.5. The van der Waals surface area contributed by atoms with Crippen molar-refractivity contribution in [2.75, 3.05) is 37.7 Å². The average Bonchev–Trinajstić information content (AvgIpc) is 3.42. The van der Waals surface area contributed by atoms with E-state index in [1.807, 2.05) is 68.6 Å². The van der Waals surface area contributed by atoms with Gasteiger partial charge in [0.2, 0.25) is 6.41 Å². The molecule has 71 heavy (non-hydrogen) atoms. The zero-order valence-corrected chi connectivity index (χ0v) is 42.6. The number of hydrogen-bond donors (Lipinski definition) is 0. The van der Waals surface area contributed by atoms with Crippen LogP contribution in [0.1, 0.15) is 70.9 Å². The van der Waals surface area contributed by atoms with Gasteiger partial charge < -0.3 is 4.90 Å². The molecule has 1 saturated heterocycles. The SMILES string of the molecule is CC(C)(C)ON(C=O)[C@@H](CSC(c1ccccc1)(c1ccccc1)c1ccccc1)CN1CCN(C(=O)c2cccc3ccccc23)C[C@@H]1CCSC(c1ccccc1)(c1ccccc1)c1ccccc1. The number of hydrogen-bond acceptors (Lipinski definition) is 6. The van der Waals surface area contributed by atoms with Crippen molar-refractivity contribution in [2.45, 2.75) is 54.4 Å². The number of benzene rings is 8. The summed E-state index contributed by atoms with van der Waals surface area (Å²) in [6.45, 7) is 8.25. The quantitative estimate of drug-likeness (QED) is 0.0457. The molecular weight excluding hydrogens is 911 g/mol. The minimum absolute atomic E-state index is 0.0343. The van der Waals surface area contributed by atoms with E-state index in [0.717, 1.165) is 51.6 Å². The minimum Gasteiger partial charge on any atom is -0.336 e. The van der Waals surface area contributed by atoms with E-state index in [1.165, 1.54) is 16.7 Å². The van der Waals surface area contributed by atoms with Crippen molar-refractivity contribution in [3.63, 3.8) is 0 Å². The van der Waals surface area contributed by atoms with E-state index in [-0.39, 0.29) is 18.0 Å². The highest BCUT2D eigenvalue weighted by Crippen LogP contribution is 2.50. The molecule has 1 heterocycles. The standard InChI is InChI=1S/C63H63N3O3S2/c1-61(2,3)69-66(48-67)57(47-71-63(53-33-16-7-17-34-53,54-35-18-8-19-36-54)55-37-20-9-21-38-55)46-64-42-43-65(60(68)59-40-24-26-49-25-22-23-39-58(49)59)45-56(64)41-44-70-62(50-27-10-4-11-28-50,51-29-12-5-13-30-51)52-31-14-6-15-32-52/h4-40,48,56-57H,41-47H2,1-3H3/t56-,57+/m0/s1. The lowest BCUT2D eigenvalue weighted by molar-refractivity contribution is -0.231. The fraction of sp³-hybridized carbons (Fsp3) is 0.238. The van der Waals surface area contributed by atoms with E-state index < -0.39 is 15.1 Å².